The van der Waals surface area contributed by atoms with Gasteiger partial charge in [-0.3, -0.25) is 0 Å². The molecule has 0 fully saturated rings. The quantitative estimate of drug-likeness (QED) is 0.699. The molecule has 1 rings (SSSR count). The normalized spacial score (nSPS) is 26.4. The van der Waals surface area contributed by atoms with Gasteiger partial charge in [0, 0.05) is 6.04 Å². The van der Waals surface area contributed by atoms with E-state index in [0.717, 1.165) is 12.0 Å². The summed E-state index contributed by atoms with van der Waals surface area (Å²) in [7, 11) is 0. The lowest BCUT2D eigenvalue weighted by Crippen LogP contribution is -2.29. The lowest BCUT2D eigenvalue weighted by molar-refractivity contribution is 0.570. The molecule has 0 saturated heterocycles. The molecule has 0 bridgehead atoms. The van der Waals surface area contributed by atoms with Crippen LogP contribution in [0.3, 0.4) is 0 Å². The van der Waals surface area contributed by atoms with Gasteiger partial charge in [-0.15, -0.1) is 0 Å². The average Bonchev–Trinajstić information content (AvgIpc) is 2.19. The summed E-state index contributed by atoms with van der Waals surface area (Å²) in [6.07, 6.45) is 9.47. The van der Waals surface area contributed by atoms with Crippen molar-refractivity contribution in [2.24, 2.45) is 11.7 Å². The van der Waals surface area contributed by atoms with Crippen LogP contribution in [0.1, 0.15) is 27.2 Å². The number of rotatable bonds is 3. The van der Waals surface area contributed by atoms with Crippen LogP contribution in [0.2, 0.25) is 0 Å². The zero-order chi connectivity index (χ0) is 11.4. The summed E-state index contributed by atoms with van der Waals surface area (Å²) < 4.78 is 0. The molecule has 0 heterocycles. The SMILES string of the molecule is C=C(C)/C=C/C1=C(CC)C(C)C(N)C=C1. The summed E-state index contributed by atoms with van der Waals surface area (Å²) in [5.74, 6) is 0.449. The van der Waals surface area contributed by atoms with E-state index in [1.54, 1.807) is 0 Å². The highest BCUT2D eigenvalue weighted by Crippen LogP contribution is 2.27. The van der Waals surface area contributed by atoms with Crippen LogP contribution in [0.5, 0.6) is 0 Å². The second kappa shape index (κ2) is 5.13. The van der Waals surface area contributed by atoms with Gasteiger partial charge >= 0.3 is 0 Å². The van der Waals surface area contributed by atoms with E-state index in [2.05, 4.69) is 44.7 Å². The Morgan fingerprint density at radius 3 is 2.80 bits per heavy atom. The molecule has 2 N–H and O–H groups in total. The Kier molecular flexibility index (Phi) is 4.10. The Morgan fingerprint density at radius 1 is 1.60 bits per heavy atom. The van der Waals surface area contributed by atoms with Gasteiger partial charge < -0.3 is 5.73 Å². The number of hydrogen-bond acceptors (Lipinski definition) is 1. The van der Waals surface area contributed by atoms with Gasteiger partial charge in [-0.1, -0.05) is 55.9 Å². The summed E-state index contributed by atoms with van der Waals surface area (Å²) in [4.78, 5) is 0. The largest absolute Gasteiger partial charge is 0.324 e. The van der Waals surface area contributed by atoms with Crippen LogP contribution in [0.15, 0.2) is 47.6 Å². The summed E-state index contributed by atoms with van der Waals surface area (Å²) in [6.45, 7) is 10.3. The van der Waals surface area contributed by atoms with Crippen LogP contribution < -0.4 is 5.73 Å². The molecule has 0 aromatic rings. The number of allylic oxidation sites excluding steroid dienone is 5. The topological polar surface area (TPSA) is 26.0 Å². The molecule has 0 aromatic heterocycles. The third kappa shape index (κ3) is 2.93. The molecule has 0 saturated carbocycles. The maximum Gasteiger partial charge on any atom is 0.0291 e. The van der Waals surface area contributed by atoms with Gasteiger partial charge in [-0.2, -0.15) is 0 Å². The van der Waals surface area contributed by atoms with E-state index in [4.69, 9.17) is 5.73 Å². The third-order valence-electron chi connectivity index (χ3n) is 2.92. The van der Waals surface area contributed by atoms with Crippen molar-refractivity contribution >= 4 is 0 Å². The van der Waals surface area contributed by atoms with E-state index in [9.17, 15) is 0 Å². The van der Waals surface area contributed by atoms with Crippen LogP contribution in [-0.4, -0.2) is 6.04 Å². The molecule has 2 atom stereocenters. The van der Waals surface area contributed by atoms with E-state index in [1.165, 1.54) is 11.1 Å². The first-order chi connectivity index (χ1) is 7.06. The minimum absolute atomic E-state index is 0.168. The van der Waals surface area contributed by atoms with E-state index in [-0.39, 0.29) is 6.04 Å². The Bertz CT molecular complexity index is 331. The van der Waals surface area contributed by atoms with Crippen LogP contribution in [0, 0.1) is 5.92 Å². The fraction of sp³-hybridized carbons (Fsp3) is 0.429. The van der Waals surface area contributed by atoms with Gasteiger partial charge in [-0.05, 0) is 24.8 Å². The summed E-state index contributed by atoms with van der Waals surface area (Å²) in [5.41, 5.74) is 9.82. The standard InChI is InChI=1S/C14H21N/c1-5-13-11(4)14(15)9-8-12(13)7-6-10(2)3/h6-9,11,14H,2,5,15H2,1,3-4H3/b7-6+. The second-order valence-electron chi connectivity index (χ2n) is 4.24. The van der Waals surface area contributed by atoms with E-state index in [1.807, 2.05) is 6.92 Å². The third-order valence-corrected chi connectivity index (χ3v) is 2.92. The van der Waals surface area contributed by atoms with Gasteiger partial charge in [0.05, 0.1) is 0 Å². The van der Waals surface area contributed by atoms with Crippen molar-refractivity contribution < 1.29 is 0 Å². The highest BCUT2D eigenvalue weighted by molar-refractivity contribution is 5.42. The average molecular weight is 203 g/mol. The lowest BCUT2D eigenvalue weighted by atomic mass is 9.83. The molecule has 1 aliphatic carbocycles. The van der Waals surface area contributed by atoms with Crippen LogP contribution in [0.4, 0.5) is 0 Å². The van der Waals surface area contributed by atoms with Crippen molar-refractivity contribution in [3.05, 3.63) is 47.6 Å². The van der Waals surface area contributed by atoms with E-state index in [0.29, 0.717) is 5.92 Å². The van der Waals surface area contributed by atoms with E-state index < -0.39 is 0 Å². The van der Waals surface area contributed by atoms with Crippen molar-refractivity contribution in [2.45, 2.75) is 33.2 Å². The zero-order valence-electron chi connectivity index (χ0n) is 9.96. The van der Waals surface area contributed by atoms with Crippen molar-refractivity contribution in [1.82, 2.24) is 0 Å². The fourth-order valence-corrected chi connectivity index (χ4v) is 1.90. The molecule has 1 nitrogen and oxygen atoms in total. The van der Waals surface area contributed by atoms with Crippen LogP contribution in [-0.2, 0) is 0 Å². The molecule has 1 aliphatic rings. The molecular weight excluding hydrogens is 182 g/mol. The number of nitrogens with two attached hydrogens (primary N) is 1. The van der Waals surface area contributed by atoms with E-state index >= 15 is 0 Å². The Morgan fingerprint density at radius 2 is 2.27 bits per heavy atom. The van der Waals surface area contributed by atoms with Gasteiger partial charge in [-0.25, -0.2) is 0 Å². The van der Waals surface area contributed by atoms with Gasteiger partial charge in [0.2, 0.25) is 0 Å². The first-order valence-electron chi connectivity index (χ1n) is 5.56. The smallest absolute Gasteiger partial charge is 0.0291 e. The molecule has 0 spiro atoms. The molecule has 0 aliphatic heterocycles. The Labute approximate surface area is 93.1 Å². The minimum atomic E-state index is 0.168. The second-order valence-corrected chi connectivity index (χ2v) is 4.24. The summed E-state index contributed by atoms with van der Waals surface area (Å²) in [6, 6.07) is 0.168. The predicted molar refractivity (Wildman–Crippen MR) is 67.6 cm³/mol. The molecule has 0 aromatic carbocycles. The number of hydrogen-bond donors (Lipinski definition) is 1. The van der Waals surface area contributed by atoms with Crippen LogP contribution in [0.25, 0.3) is 0 Å². The first-order valence-corrected chi connectivity index (χ1v) is 5.56. The van der Waals surface area contributed by atoms with Gasteiger partial charge in [0.25, 0.3) is 0 Å². The van der Waals surface area contributed by atoms with Crippen molar-refractivity contribution in [1.29, 1.82) is 0 Å². The van der Waals surface area contributed by atoms with Crippen LogP contribution >= 0.6 is 0 Å². The molecule has 0 radical (unpaired) electrons. The monoisotopic (exact) mass is 203 g/mol. The molecular formula is C14H21N. The Hall–Kier alpha value is -1.08. The maximum atomic E-state index is 6.00. The van der Waals surface area contributed by atoms with Gasteiger partial charge in [0.1, 0.15) is 0 Å². The molecule has 1 heteroatoms. The minimum Gasteiger partial charge on any atom is -0.324 e. The predicted octanol–water partition coefficient (Wildman–Crippen LogP) is 3.36. The van der Waals surface area contributed by atoms with Gasteiger partial charge in [0.15, 0.2) is 0 Å². The van der Waals surface area contributed by atoms with Crippen molar-refractivity contribution in [3.8, 4) is 0 Å². The van der Waals surface area contributed by atoms with Crippen molar-refractivity contribution in [3.63, 3.8) is 0 Å². The maximum absolute atomic E-state index is 6.00. The molecule has 15 heavy (non-hydrogen) atoms. The summed E-state index contributed by atoms with van der Waals surface area (Å²) in [5, 5.41) is 0. The highest BCUT2D eigenvalue weighted by atomic mass is 14.6. The summed E-state index contributed by atoms with van der Waals surface area (Å²) >= 11 is 0. The Balaban J connectivity index is 2.98. The van der Waals surface area contributed by atoms with Crippen molar-refractivity contribution in [2.75, 3.05) is 0 Å². The highest BCUT2D eigenvalue weighted by Gasteiger charge is 2.19. The lowest BCUT2D eigenvalue weighted by Gasteiger charge is -2.25. The zero-order valence-corrected chi connectivity index (χ0v) is 9.96. The molecule has 2 unspecified atom stereocenters. The fourth-order valence-electron chi connectivity index (χ4n) is 1.90. The molecule has 82 valence electrons. The first kappa shape index (κ1) is 12.0. The molecule has 0 amide bonds.